The van der Waals surface area contributed by atoms with E-state index in [1.807, 2.05) is 18.2 Å². The van der Waals surface area contributed by atoms with Crippen LogP contribution in [0.1, 0.15) is 24.5 Å². The third kappa shape index (κ3) is 4.17. The number of carbonyl (C=O) groups is 1. The lowest BCUT2D eigenvalue weighted by Gasteiger charge is -2.11. The Morgan fingerprint density at radius 2 is 1.75 bits per heavy atom. The Bertz CT molecular complexity index is 554. The number of para-hydroxylation sites is 1. The molecular formula is C16H16FNO2. The van der Waals surface area contributed by atoms with E-state index in [0.717, 1.165) is 5.69 Å². The number of hydrogen-bond acceptors (Lipinski definition) is 2. The summed E-state index contributed by atoms with van der Waals surface area (Å²) < 4.78 is 12.8. The molecule has 0 aliphatic carbocycles. The summed E-state index contributed by atoms with van der Waals surface area (Å²) in [4.78, 5) is 11.7. The minimum Gasteiger partial charge on any atom is -0.388 e. The van der Waals surface area contributed by atoms with E-state index in [2.05, 4.69) is 5.32 Å². The van der Waals surface area contributed by atoms with Gasteiger partial charge in [0.2, 0.25) is 5.91 Å². The molecular weight excluding hydrogens is 257 g/mol. The van der Waals surface area contributed by atoms with Gasteiger partial charge in [0, 0.05) is 12.1 Å². The summed E-state index contributed by atoms with van der Waals surface area (Å²) in [7, 11) is 0. The zero-order valence-electron chi connectivity index (χ0n) is 10.9. The van der Waals surface area contributed by atoms with Crippen LogP contribution in [0.5, 0.6) is 0 Å². The minimum atomic E-state index is -0.767. The summed E-state index contributed by atoms with van der Waals surface area (Å²) in [6.45, 7) is 0. The fraction of sp³-hybridized carbons (Fsp3) is 0.188. The molecule has 1 unspecified atom stereocenters. The second kappa shape index (κ2) is 6.82. The number of benzene rings is 2. The maximum atomic E-state index is 12.8. The average Bonchev–Trinajstić information content (AvgIpc) is 2.46. The third-order valence-electron chi connectivity index (χ3n) is 2.96. The van der Waals surface area contributed by atoms with E-state index in [0.29, 0.717) is 12.0 Å². The number of rotatable bonds is 5. The summed E-state index contributed by atoms with van der Waals surface area (Å²) in [5.74, 6) is -0.500. The van der Waals surface area contributed by atoms with Crippen molar-refractivity contribution in [3.05, 3.63) is 66.0 Å². The predicted molar refractivity (Wildman–Crippen MR) is 75.7 cm³/mol. The highest BCUT2D eigenvalue weighted by atomic mass is 19.1. The Balaban J connectivity index is 1.82. The Morgan fingerprint density at radius 3 is 2.40 bits per heavy atom. The van der Waals surface area contributed by atoms with Crippen LogP contribution in [0.25, 0.3) is 0 Å². The molecule has 2 N–H and O–H groups in total. The van der Waals surface area contributed by atoms with Crippen molar-refractivity contribution in [2.45, 2.75) is 18.9 Å². The molecule has 0 saturated heterocycles. The summed E-state index contributed by atoms with van der Waals surface area (Å²) in [5.41, 5.74) is 1.34. The molecule has 104 valence electrons. The number of hydrogen-bond donors (Lipinski definition) is 2. The SMILES string of the molecule is O=C(CCC(O)c1ccc(F)cc1)Nc1ccccc1. The number of aliphatic hydroxyl groups excluding tert-OH is 1. The molecule has 2 rings (SSSR count). The van der Waals surface area contributed by atoms with Crippen LogP contribution >= 0.6 is 0 Å². The molecule has 0 heterocycles. The van der Waals surface area contributed by atoms with Gasteiger partial charge in [-0.2, -0.15) is 0 Å². The second-order valence-electron chi connectivity index (χ2n) is 4.52. The van der Waals surface area contributed by atoms with Crippen LogP contribution in [0.2, 0.25) is 0 Å². The van der Waals surface area contributed by atoms with Gasteiger partial charge in [-0.15, -0.1) is 0 Å². The van der Waals surface area contributed by atoms with Crippen LogP contribution in [0, 0.1) is 5.82 Å². The Morgan fingerprint density at radius 1 is 1.10 bits per heavy atom. The van der Waals surface area contributed by atoms with E-state index in [9.17, 15) is 14.3 Å². The first-order valence-corrected chi connectivity index (χ1v) is 6.43. The highest BCUT2D eigenvalue weighted by Crippen LogP contribution is 2.19. The standard InChI is InChI=1S/C16H16FNO2/c17-13-8-6-12(7-9-13)15(19)10-11-16(20)18-14-4-2-1-3-5-14/h1-9,15,19H,10-11H2,(H,18,20). The minimum absolute atomic E-state index is 0.155. The number of anilines is 1. The molecule has 0 spiro atoms. The fourth-order valence-corrected chi connectivity index (χ4v) is 1.86. The van der Waals surface area contributed by atoms with E-state index in [1.165, 1.54) is 24.3 Å². The summed E-state index contributed by atoms with van der Waals surface area (Å²) in [6.07, 6.45) is -0.269. The van der Waals surface area contributed by atoms with Gasteiger partial charge in [0.25, 0.3) is 0 Å². The molecule has 2 aromatic carbocycles. The van der Waals surface area contributed by atoms with Crippen molar-refractivity contribution in [3.8, 4) is 0 Å². The summed E-state index contributed by atoms with van der Waals surface area (Å²) >= 11 is 0. The van der Waals surface area contributed by atoms with Crippen molar-refractivity contribution in [2.75, 3.05) is 5.32 Å². The van der Waals surface area contributed by atoms with Crippen molar-refractivity contribution in [3.63, 3.8) is 0 Å². The van der Waals surface area contributed by atoms with Crippen LogP contribution in [0.3, 0.4) is 0 Å². The third-order valence-corrected chi connectivity index (χ3v) is 2.96. The van der Waals surface area contributed by atoms with E-state index in [4.69, 9.17) is 0 Å². The van der Waals surface area contributed by atoms with Crippen molar-refractivity contribution < 1.29 is 14.3 Å². The normalized spacial score (nSPS) is 11.9. The zero-order chi connectivity index (χ0) is 14.4. The molecule has 20 heavy (non-hydrogen) atoms. The van der Waals surface area contributed by atoms with Gasteiger partial charge in [0.1, 0.15) is 5.82 Å². The maximum Gasteiger partial charge on any atom is 0.224 e. The van der Waals surface area contributed by atoms with Gasteiger partial charge < -0.3 is 10.4 Å². The molecule has 0 fully saturated rings. The summed E-state index contributed by atoms with van der Waals surface area (Å²) in [5, 5.41) is 12.7. The lowest BCUT2D eigenvalue weighted by Crippen LogP contribution is -2.12. The Labute approximate surface area is 117 Å². The monoisotopic (exact) mass is 273 g/mol. The largest absolute Gasteiger partial charge is 0.388 e. The van der Waals surface area contributed by atoms with Crippen LogP contribution in [-0.4, -0.2) is 11.0 Å². The fourth-order valence-electron chi connectivity index (χ4n) is 1.86. The van der Waals surface area contributed by atoms with Crippen molar-refractivity contribution in [1.82, 2.24) is 0 Å². The van der Waals surface area contributed by atoms with Gasteiger partial charge in [-0.25, -0.2) is 4.39 Å². The highest BCUT2D eigenvalue weighted by Gasteiger charge is 2.10. The quantitative estimate of drug-likeness (QED) is 0.878. The van der Waals surface area contributed by atoms with Crippen molar-refractivity contribution >= 4 is 11.6 Å². The first-order valence-electron chi connectivity index (χ1n) is 6.43. The topological polar surface area (TPSA) is 49.3 Å². The first-order chi connectivity index (χ1) is 9.65. The van der Waals surface area contributed by atoms with E-state index < -0.39 is 6.10 Å². The zero-order valence-corrected chi connectivity index (χ0v) is 10.9. The molecule has 2 aromatic rings. The van der Waals surface area contributed by atoms with Crippen LogP contribution in [0.15, 0.2) is 54.6 Å². The number of aliphatic hydroxyl groups is 1. The van der Waals surface area contributed by atoms with Gasteiger partial charge in [0.05, 0.1) is 6.10 Å². The first kappa shape index (κ1) is 14.2. The maximum absolute atomic E-state index is 12.8. The summed E-state index contributed by atoms with van der Waals surface area (Å²) in [6, 6.07) is 14.8. The molecule has 0 aromatic heterocycles. The van der Waals surface area contributed by atoms with Gasteiger partial charge in [-0.05, 0) is 36.2 Å². The van der Waals surface area contributed by atoms with Gasteiger partial charge in [0.15, 0.2) is 0 Å². The smallest absolute Gasteiger partial charge is 0.224 e. The van der Waals surface area contributed by atoms with Crippen LogP contribution in [-0.2, 0) is 4.79 Å². The Hall–Kier alpha value is -2.20. The van der Waals surface area contributed by atoms with Crippen LogP contribution < -0.4 is 5.32 Å². The molecule has 4 heteroatoms. The number of nitrogens with one attached hydrogen (secondary N) is 1. The molecule has 0 aliphatic heterocycles. The van der Waals surface area contributed by atoms with E-state index in [1.54, 1.807) is 12.1 Å². The van der Waals surface area contributed by atoms with E-state index >= 15 is 0 Å². The average molecular weight is 273 g/mol. The molecule has 0 aliphatic rings. The number of halogens is 1. The molecule has 0 bridgehead atoms. The second-order valence-corrected chi connectivity index (χ2v) is 4.52. The highest BCUT2D eigenvalue weighted by molar-refractivity contribution is 5.90. The van der Waals surface area contributed by atoms with Gasteiger partial charge in [-0.1, -0.05) is 30.3 Å². The molecule has 0 saturated carbocycles. The van der Waals surface area contributed by atoms with Gasteiger partial charge >= 0.3 is 0 Å². The molecule has 0 radical (unpaired) electrons. The lowest BCUT2D eigenvalue weighted by atomic mass is 10.0. The van der Waals surface area contributed by atoms with Crippen LogP contribution in [0.4, 0.5) is 10.1 Å². The molecule has 1 amide bonds. The molecule has 3 nitrogen and oxygen atoms in total. The van der Waals surface area contributed by atoms with Gasteiger partial charge in [-0.3, -0.25) is 4.79 Å². The lowest BCUT2D eigenvalue weighted by molar-refractivity contribution is -0.116. The number of carbonyl (C=O) groups excluding carboxylic acids is 1. The van der Waals surface area contributed by atoms with E-state index in [-0.39, 0.29) is 18.1 Å². The van der Waals surface area contributed by atoms with Crippen molar-refractivity contribution in [1.29, 1.82) is 0 Å². The Kier molecular flexibility index (Phi) is 4.85. The number of amides is 1. The van der Waals surface area contributed by atoms with Crippen molar-refractivity contribution in [2.24, 2.45) is 0 Å². The molecule has 1 atom stereocenters. The predicted octanol–water partition coefficient (Wildman–Crippen LogP) is 3.28.